The molecule has 0 saturated carbocycles. The van der Waals surface area contributed by atoms with Gasteiger partial charge in [-0.3, -0.25) is 4.90 Å². The minimum atomic E-state index is 0.396. The highest BCUT2D eigenvalue weighted by Gasteiger charge is 2.25. The van der Waals surface area contributed by atoms with Crippen molar-refractivity contribution in [3.05, 3.63) is 29.5 Å². The second-order valence-corrected chi connectivity index (χ2v) is 6.17. The summed E-state index contributed by atoms with van der Waals surface area (Å²) >= 11 is 1.60. The van der Waals surface area contributed by atoms with Crippen LogP contribution in [-0.2, 0) is 4.74 Å². The molecule has 1 aliphatic rings. The van der Waals surface area contributed by atoms with Gasteiger partial charge in [-0.05, 0) is 25.5 Å². The lowest BCUT2D eigenvalue weighted by molar-refractivity contribution is 0.0946. The highest BCUT2D eigenvalue weighted by atomic mass is 32.1. The van der Waals surface area contributed by atoms with Crippen LogP contribution in [-0.4, -0.2) is 46.7 Å². The molecule has 2 aromatic rings. The third-order valence-electron chi connectivity index (χ3n) is 3.84. The number of aromatic nitrogens is 3. The average Bonchev–Trinajstić information content (AvgIpc) is 3.02. The monoisotopic (exact) mass is 319 g/mol. The maximum Gasteiger partial charge on any atom is 0.228 e. The maximum atomic E-state index is 5.22. The summed E-state index contributed by atoms with van der Waals surface area (Å²) in [5, 5.41) is 6.15. The molecular weight excluding hydrogens is 298 g/mol. The molecule has 0 amide bonds. The minimum absolute atomic E-state index is 0.396. The van der Waals surface area contributed by atoms with Gasteiger partial charge in [0.15, 0.2) is 5.13 Å². The first-order chi connectivity index (χ1) is 10.9. The molecule has 1 fully saturated rings. The molecule has 0 aliphatic carbocycles. The topological polar surface area (TPSA) is 63.2 Å². The molecule has 1 N–H and O–H groups in total. The standard InChI is InChI=1S/C15H21N5OS/c1-21-10-9-20-8-3-2-5-13(20)12-11-22-15(18-12)19-14-16-6-4-7-17-14/h4,6-7,11,13H,2-3,5,8-10H2,1H3,(H,16,17,18,19). The molecule has 0 aromatic carbocycles. The van der Waals surface area contributed by atoms with Crippen molar-refractivity contribution in [2.45, 2.75) is 25.3 Å². The number of hydrogen-bond donors (Lipinski definition) is 1. The lowest BCUT2D eigenvalue weighted by atomic mass is 10.00. The zero-order chi connectivity index (χ0) is 15.2. The highest BCUT2D eigenvalue weighted by Crippen LogP contribution is 2.32. The van der Waals surface area contributed by atoms with Crippen LogP contribution in [0.4, 0.5) is 11.1 Å². The molecule has 0 spiro atoms. The molecule has 1 aliphatic heterocycles. The van der Waals surface area contributed by atoms with Crippen LogP contribution < -0.4 is 5.32 Å². The van der Waals surface area contributed by atoms with Gasteiger partial charge in [0.2, 0.25) is 5.95 Å². The van der Waals surface area contributed by atoms with E-state index >= 15 is 0 Å². The van der Waals surface area contributed by atoms with Gasteiger partial charge in [-0.2, -0.15) is 0 Å². The van der Waals surface area contributed by atoms with E-state index in [9.17, 15) is 0 Å². The Labute approximate surface area is 134 Å². The van der Waals surface area contributed by atoms with Gasteiger partial charge in [-0.25, -0.2) is 15.0 Å². The molecule has 3 rings (SSSR count). The third kappa shape index (κ3) is 3.79. The van der Waals surface area contributed by atoms with Crippen molar-refractivity contribution in [1.29, 1.82) is 0 Å². The van der Waals surface area contributed by atoms with Crippen molar-refractivity contribution in [2.75, 3.05) is 32.1 Å². The number of hydrogen-bond acceptors (Lipinski definition) is 7. The number of anilines is 2. The number of nitrogens with zero attached hydrogens (tertiary/aromatic N) is 4. The number of ether oxygens (including phenoxy) is 1. The smallest absolute Gasteiger partial charge is 0.228 e. The van der Waals surface area contributed by atoms with E-state index in [4.69, 9.17) is 9.72 Å². The average molecular weight is 319 g/mol. The van der Waals surface area contributed by atoms with E-state index in [0.717, 1.165) is 36.9 Å². The number of thiazole rings is 1. The Bertz CT molecular complexity index is 576. The summed E-state index contributed by atoms with van der Waals surface area (Å²) in [6.45, 7) is 2.85. The first-order valence-corrected chi connectivity index (χ1v) is 8.47. The largest absolute Gasteiger partial charge is 0.383 e. The molecule has 118 valence electrons. The lowest BCUT2D eigenvalue weighted by Crippen LogP contribution is -2.35. The SMILES string of the molecule is COCCN1CCCCC1c1csc(Nc2ncccn2)n1. The number of piperidine rings is 1. The second-order valence-electron chi connectivity index (χ2n) is 5.32. The molecule has 22 heavy (non-hydrogen) atoms. The van der Waals surface area contributed by atoms with Crippen LogP contribution in [0, 0.1) is 0 Å². The van der Waals surface area contributed by atoms with E-state index in [2.05, 4.69) is 25.6 Å². The van der Waals surface area contributed by atoms with Crippen molar-refractivity contribution >= 4 is 22.4 Å². The molecule has 2 aromatic heterocycles. The Balaban J connectivity index is 1.68. The number of likely N-dealkylation sites (tertiary alicyclic amines) is 1. The first kappa shape index (κ1) is 15.3. The predicted octanol–water partition coefficient (Wildman–Crippen LogP) is 2.85. The van der Waals surface area contributed by atoms with Crippen LogP contribution in [0.25, 0.3) is 0 Å². The predicted molar refractivity (Wildman–Crippen MR) is 87.5 cm³/mol. The summed E-state index contributed by atoms with van der Waals surface area (Å²) in [6.07, 6.45) is 7.12. The molecule has 1 saturated heterocycles. The fourth-order valence-electron chi connectivity index (χ4n) is 2.76. The van der Waals surface area contributed by atoms with Gasteiger partial charge in [0.25, 0.3) is 0 Å². The fourth-order valence-corrected chi connectivity index (χ4v) is 3.51. The highest BCUT2D eigenvalue weighted by molar-refractivity contribution is 7.13. The molecule has 7 heteroatoms. The van der Waals surface area contributed by atoms with Crippen LogP contribution in [0.3, 0.4) is 0 Å². The number of nitrogens with one attached hydrogen (secondary N) is 1. The van der Waals surface area contributed by atoms with E-state index in [0.29, 0.717) is 12.0 Å². The molecule has 0 bridgehead atoms. The molecule has 3 heterocycles. The van der Waals surface area contributed by atoms with E-state index in [1.165, 1.54) is 12.8 Å². The Morgan fingerprint density at radius 1 is 1.36 bits per heavy atom. The van der Waals surface area contributed by atoms with Crippen molar-refractivity contribution in [3.63, 3.8) is 0 Å². The van der Waals surface area contributed by atoms with Crippen molar-refractivity contribution in [1.82, 2.24) is 19.9 Å². The molecular formula is C15H21N5OS. The van der Waals surface area contributed by atoms with E-state index in [1.807, 2.05) is 0 Å². The second kappa shape index (κ2) is 7.62. The van der Waals surface area contributed by atoms with Gasteiger partial charge in [-0.15, -0.1) is 11.3 Å². The summed E-state index contributed by atoms with van der Waals surface area (Å²) in [4.78, 5) is 15.5. The van der Waals surface area contributed by atoms with Gasteiger partial charge >= 0.3 is 0 Å². The zero-order valence-corrected chi connectivity index (χ0v) is 13.6. The van der Waals surface area contributed by atoms with Crippen LogP contribution in [0.5, 0.6) is 0 Å². The molecule has 0 radical (unpaired) electrons. The van der Waals surface area contributed by atoms with Crippen molar-refractivity contribution in [2.24, 2.45) is 0 Å². The summed E-state index contributed by atoms with van der Waals surface area (Å²) < 4.78 is 5.22. The Morgan fingerprint density at radius 3 is 3.05 bits per heavy atom. The summed E-state index contributed by atoms with van der Waals surface area (Å²) in [5.41, 5.74) is 1.14. The third-order valence-corrected chi connectivity index (χ3v) is 4.62. The summed E-state index contributed by atoms with van der Waals surface area (Å²) in [6, 6.07) is 2.20. The Hall–Kier alpha value is -1.57. The van der Waals surface area contributed by atoms with Gasteiger partial charge in [0.1, 0.15) is 0 Å². The molecule has 6 nitrogen and oxygen atoms in total. The Morgan fingerprint density at radius 2 is 2.23 bits per heavy atom. The minimum Gasteiger partial charge on any atom is -0.383 e. The Kier molecular flexibility index (Phi) is 5.31. The fraction of sp³-hybridized carbons (Fsp3) is 0.533. The van der Waals surface area contributed by atoms with Gasteiger partial charge in [-0.1, -0.05) is 6.42 Å². The lowest BCUT2D eigenvalue weighted by Gasteiger charge is -2.34. The van der Waals surface area contributed by atoms with E-state index < -0.39 is 0 Å². The van der Waals surface area contributed by atoms with Crippen LogP contribution in [0.2, 0.25) is 0 Å². The summed E-state index contributed by atoms with van der Waals surface area (Å²) in [7, 11) is 1.75. The van der Waals surface area contributed by atoms with Gasteiger partial charge in [0.05, 0.1) is 18.3 Å². The maximum absolute atomic E-state index is 5.22. The van der Waals surface area contributed by atoms with Crippen molar-refractivity contribution < 1.29 is 4.74 Å². The number of rotatable bonds is 6. The van der Waals surface area contributed by atoms with E-state index in [1.54, 1.807) is 36.9 Å². The normalized spacial score (nSPS) is 19.2. The summed E-state index contributed by atoms with van der Waals surface area (Å²) in [5.74, 6) is 0.586. The molecule has 1 atom stereocenters. The van der Waals surface area contributed by atoms with Crippen LogP contribution in [0.15, 0.2) is 23.8 Å². The number of methoxy groups -OCH3 is 1. The zero-order valence-electron chi connectivity index (χ0n) is 12.7. The van der Waals surface area contributed by atoms with Crippen LogP contribution >= 0.6 is 11.3 Å². The first-order valence-electron chi connectivity index (χ1n) is 7.59. The molecule has 1 unspecified atom stereocenters. The van der Waals surface area contributed by atoms with E-state index in [-0.39, 0.29) is 0 Å². The van der Waals surface area contributed by atoms with Crippen molar-refractivity contribution in [3.8, 4) is 0 Å². The van der Waals surface area contributed by atoms with Gasteiger partial charge < -0.3 is 10.1 Å². The quantitative estimate of drug-likeness (QED) is 0.883. The van der Waals surface area contributed by atoms with Crippen LogP contribution in [0.1, 0.15) is 31.0 Å². The van der Waals surface area contributed by atoms with Gasteiger partial charge in [0, 0.05) is 31.4 Å².